The van der Waals surface area contributed by atoms with Crippen LogP contribution in [0.25, 0.3) is 0 Å². The summed E-state index contributed by atoms with van der Waals surface area (Å²) in [4.78, 5) is 26.4. The number of hydrogen-bond donors (Lipinski definition) is 1. The lowest BCUT2D eigenvalue weighted by atomic mass is 9.97. The molecular formula is C18H26N2O2. The average Bonchev–Trinajstić information content (AvgIpc) is 2.52. The fourth-order valence-electron chi connectivity index (χ4n) is 2.89. The lowest BCUT2D eigenvalue weighted by molar-refractivity contribution is -0.137. The molecule has 0 saturated heterocycles. The Hall–Kier alpha value is -1.84. The van der Waals surface area contributed by atoms with Crippen LogP contribution in [0.1, 0.15) is 44.7 Å². The summed E-state index contributed by atoms with van der Waals surface area (Å²) in [5.74, 6) is 0.351. The van der Waals surface area contributed by atoms with Crippen molar-refractivity contribution in [1.29, 1.82) is 0 Å². The molecule has 1 heterocycles. The maximum atomic E-state index is 12.8. The molecule has 1 aromatic carbocycles. The van der Waals surface area contributed by atoms with Gasteiger partial charge in [0.2, 0.25) is 11.8 Å². The second-order valence-electron chi connectivity index (χ2n) is 6.38. The van der Waals surface area contributed by atoms with Crippen LogP contribution < -0.4 is 5.32 Å². The van der Waals surface area contributed by atoms with E-state index < -0.39 is 6.04 Å². The number of fused-ring (bicyclic) bond motifs is 1. The SMILES string of the molecule is CCC(=O)N[C@H](CC(C)C)C(=O)N1CCc2ccccc2C1. The van der Waals surface area contributed by atoms with Gasteiger partial charge in [-0.1, -0.05) is 45.0 Å². The highest BCUT2D eigenvalue weighted by Gasteiger charge is 2.28. The normalized spacial score (nSPS) is 15.4. The standard InChI is InChI=1S/C18H26N2O2/c1-4-17(21)19-16(11-13(2)3)18(22)20-10-9-14-7-5-6-8-15(14)12-20/h5-8,13,16H,4,9-12H2,1-3H3,(H,19,21)/t16-/m1/s1. The molecule has 2 amide bonds. The molecule has 1 aliphatic rings. The zero-order chi connectivity index (χ0) is 16.1. The van der Waals surface area contributed by atoms with Crippen molar-refractivity contribution in [1.82, 2.24) is 10.2 Å². The summed E-state index contributed by atoms with van der Waals surface area (Å²) in [6, 6.07) is 7.85. The van der Waals surface area contributed by atoms with E-state index in [-0.39, 0.29) is 11.8 Å². The van der Waals surface area contributed by atoms with Crippen LogP contribution in [0.15, 0.2) is 24.3 Å². The number of rotatable bonds is 5. The zero-order valence-corrected chi connectivity index (χ0v) is 13.8. The van der Waals surface area contributed by atoms with Gasteiger partial charge in [0, 0.05) is 19.5 Å². The highest BCUT2D eigenvalue weighted by atomic mass is 16.2. The summed E-state index contributed by atoms with van der Waals surface area (Å²) in [5, 5.41) is 2.89. The summed E-state index contributed by atoms with van der Waals surface area (Å²) >= 11 is 0. The Bertz CT molecular complexity index is 540. The van der Waals surface area contributed by atoms with Gasteiger partial charge in [-0.2, -0.15) is 0 Å². The number of benzene rings is 1. The first kappa shape index (κ1) is 16.5. The highest BCUT2D eigenvalue weighted by Crippen LogP contribution is 2.20. The number of nitrogens with one attached hydrogen (secondary N) is 1. The third kappa shape index (κ3) is 4.09. The monoisotopic (exact) mass is 302 g/mol. The van der Waals surface area contributed by atoms with Gasteiger partial charge in [-0.25, -0.2) is 0 Å². The molecule has 4 nitrogen and oxygen atoms in total. The van der Waals surface area contributed by atoms with Gasteiger partial charge in [0.1, 0.15) is 6.04 Å². The van der Waals surface area contributed by atoms with Gasteiger partial charge in [-0.15, -0.1) is 0 Å². The van der Waals surface area contributed by atoms with E-state index in [9.17, 15) is 9.59 Å². The molecule has 0 saturated carbocycles. The third-order valence-electron chi connectivity index (χ3n) is 4.10. The molecule has 0 aromatic heterocycles. The van der Waals surface area contributed by atoms with Gasteiger partial charge in [0.05, 0.1) is 0 Å². The minimum absolute atomic E-state index is 0.0463. The van der Waals surface area contributed by atoms with E-state index in [0.29, 0.717) is 25.3 Å². The van der Waals surface area contributed by atoms with Crippen LogP contribution in [0, 0.1) is 5.92 Å². The molecule has 1 aromatic rings. The Morgan fingerprint density at radius 2 is 1.91 bits per heavy atom. The molecule has 1 N–H and O–H groups in total. The van der Waals surface area contributed by atoms with Crippen molar-refractivity contribution in [3.05, 3.63) is 35.4 Å². The van der Waals surface area contributed by atoms with Gasteiger partial charge in [-0.3, -0.25) is 9.59 Å². The lowest BCUT2D eigenvalue weighted by Gasteiger charge is -2.32. The summed E-state index contributed by atoms with van der Waals surface area (Å²) < 4.78 is 0. The molecule has 0 bridgehead atoms. The Kier molecular flexibility index (Phi) is 5.58. The van der Waals surface area contributed by atoms with Gasteiger partial charge >= 0.3 is 0 Å². The van der Waals surface area contributed by atoms with Crippen LogP contribution >= 0.6 is 0 Å². The average molecular weight is 302 g/mol. The predicted octanol–water partition coefficient (Wildman–Crippen LogP) is 2.51. The fraction of sp³-hybridized carbons (Fsp3) is 0.556. The first-order valence-corrected chi connectivity index (χ1v) is 8.16. The summed E-state index contributed by atoms with van der Waals surface area (Å²) in [6.45, 7) is 7.33. The van der Waals surface area contributed by atoms with Crippen LogP contribution in [-0.4, -0.2) is 29.3 Å². The highest BCUT2D eigenvalue weighted by molar-refractivity contribution is 5.87. The smallest absolute Gasteiger partial charge is 0.245 e. The summed E-state index contributed by atoms with van der Waals surface area (Å²) in [7, 11) is 0. The minimum atomic E-state index is -0.405. The molecule has 0 unspecified atom stereocenters. The number of carbonyl (C=O) groups excluding carboxylic acids is 2. The molecule has 1 atom stereocenters. The maximum absolute atomic E-state index is 12.8. The van der Waals surface area contributed by atoms with Gasteiger partial charge in [-0.05, 0) is 29.9 Å². The van der Waals surface area contributed by atoms with Crippen molar-refractivity contribution in [3.63, 3.8) is 0 Å². The van der Waals surface area contributed by atoms with Crippen LogP contribution in [0.5, 0.6) is 0 Å². The van der Waals surface area contributed by atoms with Crippen LogP contribution in [0.3, 0.4) is 0 Å². The van der Waals surface area contributed by atoms with Crippen molar-refractivity contribution in [2.24, 2.45) is 5.92 Å². The summed E-state index contributed by atoms with van der Waals surface area (Å²) in [5.41, 5.74) is 2.54. The number of carbonyl (C=O) groups is 2. The number of nitrogens with zero attached hydrogens (tertiary/aromatic N) is 1. The van der Waals surface area contributed by atoms with Crippen molar-refractivity contribution < 1.29 is 9.59 Å². The van der Waals surface area contributed by atoms with E-state index in [2.05, 4.69) is 31.3 Å². The molecular weight excluding hydrogens is 276 g/mol. The first-order valence-electron chi connectivity index (χ1n) is 8.16. The quantitative estimate of drug-likeness (QED) is 0.908. The molecule has 0 radical (unpaired) electrons. The van der Waals surface area contributed by atoms with E-state index in [1.807, 2.05) is 24.0 Å². The number of hydrogen-bond acceptors (Lipinski definition) is 2. The predicted molar refractivity (Wildman–Crippen MR) is 87.2 cm³/mol. The largest absolute Gasteiger partial charge is 0.344 e. The maximum Gasteiger partial charge on any atom is 0.245 e. The molecule has 0 fully saturated rings. The topological polar surface area (TPSA) is 49.4 Å². The van der Waals surface area contributed by atoms with E-state index in [1.165, 1.54) is 11.1 Å². The molecule has 2 rings (SSSR count). The third-order valence-corrected chi connectivity index (χ3v) is 4.10. The van der Waals surface area contributed by atoms with Gasteiger partial charge < -0.3 is 10.2 Å². The molecule has 1 aliphatic heterocycles. The van der Waals surface area contributed by atoms with Crippen molar-refractivity contribution in [3.8, 4) is 0 Å². The molecule has 4 heteroatoms. The molecule has 0 spiro atoms. The Morgan fingerprint density at radius 3 is 2.55 bits per heavy atom. The van der Waals surface area contributed by atoms with Crippen LogP contribution in [0.4, 0.5) is 0 Å². The molecule has 22 heavy (non-hydrogen) atoms. The van der Waals surface area contributed by atoms with Gasteiger partial charge in [0.15, 0.2) is 0 Å². The minimum Gasteiger partial charge on any atom is -0.344 e. The Balaban J connectivity index is 2.08. The number of amides is 2. The molecule has 0 aliphatic carbocycles. The Morgan fingerprint density at radius 1 is 1.23 bits per heavy atom. The van der Waals surface area contributed by atoms with E-state index in [0.717, 1.165) is 13.0 Å². The van der Waals surface area contributed by atoms with E-state index in [4.69, 9.17) is 0 Å². The van der Waals surface area contributed by atoms with Crippen LogP contribution in [0.2, 0.25) is 0 Å². The van der Waals surface area contributed by atoms with Crippen molar-refractivity contribution >= 4 is 11.8 Å². The van der Waals surface area contributed by atoms with E-state index in [1.54, 1.807) is 0 Å². The van der Waals surface area contributed by atoms with E-state index >= 15 is 0 Å². The second-order valence-corrected chi connectivity index (χ2v) is 6.38. The summed E-state index contributed by atoms with van der Waals surface area (Å²) in [6.07, 6.45) is 1.98. The molecule has 120 valence electrons. The first-order chi connectivity index (χ1) is 10.5. The van der Waals surface area contributed by atoms with Crippen molar-refractivity contribution in [2.45, 2.75) is 52.6 Å². The van der Waals surface area contributed by atoms with Gasteiger partial charge in [0.25, 0.3) is 0 Å². The van der Waals surface area contributed by atoms with Crippen molar-refractivity contribution in [2.75, 3.05) is 6.54 Å². The lowest BCUT2D eigenvalue weighted by Crippen LogP contribution is -2.50. The Labute approximate surface area is 132 Å². The van der Waals surface area contributed by atoms with Crippen LogP contribution in [-0.2, 0) is 22.6 Å². The fourth-order valence-corrected chi connectivity index (χ4v) is 2.89. The second kappa shape index (κ2) is 7.43. The zero-order valence-electron chi connectivity index (χ0n) is 13.8.